The van der Waals surface area contributed by atoms with Crippen LogP contribution in [0.15, 0.2) is 29.4 Å². The first-order valence-electron chi connectivity index (χ1n) is 8.40. The van der Waals surface area contributed by atoms with E-state index < -0.39 is 0 Å². The molecule has 1 heterocycles. The minimum Gasteiger partial charge on any atom is -0.378 e. The minimum atomic E-state index is 0.478. The first-order chi connectivity index (χ1) is 10.8. The maximum absolute atomic E-state index is 5.86. The van der Waals surface area contributed by atoms with Crippen molar-refractivity contribution >= 4 is 5.96 Å². The summed E-state index contributed by atoms with van der Waals surface area (Å²) in [5.74, 6) is 0.508. The van der Waals surface area contributed by atoms with E-state index >= 15 is 0 Å². The van der Waals surface area contributed by atoms with Gasteiger partial charge in [-0.15, -0.1) is 0 Å². The van der Waals surface area contributed by atoms with Crippen LogP contribution in [0.1, 0.15) is 44.2 Å². The molecule has 0 atom stereocenters. The van der Waals surface area contributed by atoms with Gasteiger partial charge in [-0.3, -0.25) is 9.98 Å². The van der Waals surface area contributed by atoms with E-state index in [-0.39, 0.29) is 0 Å². The molecule has 3 N–H and O–H groups in total. The molecule has 1 aliphatic rings. The van der Waals surface area contributed by atoms with Crippen LogP contribution in [0.5, 0.6) is 0 Å². The van der Waals surface area contributed by atoms with Crippen LogP contribution in [0.25, 0.3) is 0 Å². The van der Waals surface area contributed by atoms with E-state index in [0.717, 1.165) is 38.2 Å². The first kappa shape index (κ1) is 16.7. The molecule has 2 rings (SSSR count). The summed E-state index contributed by atoms with van der Waals surface area (Å²) in [6, 6.07) is 5.92. The number of nitrogens with zero attached hydrogens (tertiary/aromatic N) is 2. The standard InChI is InChI=1S/C17H28N4O/c18-17(21-13-10-15-7-4-5-11-19-15)20-12-6-14-22-16-8-2-1-3-9-16/h4-5,7,11,16H,1-3,6,8-10,12-14H2,(H3,18,20,21). The lowest BCUT2D eigenvalue weighted by Gasteiger charge is -2.21. The average Bonchev–Trinajstić information content (AvgIpc) is 2.56. The number of nitrogens with two attached hydrogens (primary N) is 1. The molecule has 1 saturated carbocycles. The van der Waals surface area contributed by atoms with Crippen molar-refractivity contribution in [1.29, 1.82) is 0 Å². The smallest absolute Gasteiger partial charge is 0.188 e. The normalized spacial score (nSPS) is 16.6. The maximum atomic E-state index is 5.86. The Labute approximate surface area is 133 Å². The third-order valence-electron chi connectivity index (χ3n) is 3.90. The highest BCUT2D eigenvalue weighted by Crippen LogP contribution is 2.20. The first-order valence-corrected chi connectivity index (χ1v) is 8.40. The number of nitrogens with one attached hydrogen (secondary N) is 1. The van der Waals surface area contributed by atoms with Crippen LogP contribution in [-0.4, -0.2) is 36.7 Å². The number of aliphatic imine (C=N–C) groups is 1. The number of aromatic nitrogens is 1. The summed E-state index contributed by atoms with van der Waals surface area (Å²) in [4.78, 5) is 8.59. The van der Waals surface area contributed by atoms with Crippen molar-refractivity contribution in [3.8, 4) is 0 Å². The molecule has 0 spiro atoms. The van der Waals surface area contributed by atoms with Crippen molar-refractivity contribution in [2.24, 2.45) is 10.7 Å². The Kier molecular flexibility index (Phi) is 7.74. The van der Waals surface area contributed by atoms with Gasteiger partial charge in [0, 0.05) is 38.0 Å². The van der Waals surface area contributed by atoms with E-state index in [4.69, 9.17) is 10.5 Å². The summed E-state index contributed by atoms with van der Waals surface area (Å²) in [5.41, 5.74) is 6.90. The molecule has 1 fully saturated rings. The lowest BCUT2D eigenvalue weighted by Crippen LogP contribution is -2.33. The highest BCUT2D eigenvalue weighted by Gasteiger charge is 2.12. The second kappa shape index (κ2) is 10.2. The SMILES string of the molecule is NC(=NCCCOC1CCCCC1)NCCc1ccccn1. The summed E-state index contributed by atoms with van der Waals surface area (Å²) in [5, 5.41) is 3.12. The van der Waals surface area contributed by atoms with E-state index in [0.29, 0.717) is 12.1 Å². The largest absolute Gasteiger partial charge is 0.378 e. The van der Waals surface area contributed by atoms with Gasteiger partial charge < -0.3 is 15.8 Å². The Hall–Kier alpha value is -1.62. The summed E-state index contributed by atoms with van der Waals surface area (Å²) in [6.07, 6.45) is 10.5. The molecule has 0 aromatic carbocycles. The van der Waals surface area contributed by atoms with E-state index in [1.807, 2.05) is 18.2 Å². The van der Waals surface area contributed by atoms with Crippen molar-refractivity contribution in [3.63, 3.8) is 0 Å². The van der Waals surface area contributed by atoms with Crippen LogP contribution in [0.2, 0.25) is 0 Å². The van der Waals surface area contributed by atoms with Gasteiger partial charge in [-0.25, -0.2) is 0 Å². The molecule has 0 bridgehead atoms. The van der Waals surface area contributed by atoms with Gasteiger partial charge in [0.05, 0.1) is 6.10 Å². The zero-order valence-electron chi connectivity index (χ0n) is 13.3. The van der Waals surface area contributed by atoms with Gasteiger partial charge in [0.1, 0.15) is 0 Å². The number of hydrogen-bond acceptors (Lipinski definition) is 3. The monoisotopic (exact) mass is 304 g/mol. The van der Waals surface area contributed by atoms with Gasteiger partial charge in [0.2, 0.25) is 0 Å². The molecule has 1 aromatic rings. The number of rotatable bonds is 8. The second-order valence-electron chi connectivity index (χ2n) is 5.75. The molecule has 0 radical (unpaired) electrons. The number of ether oxygens (including phenoxy) is 1. The molecule has 0 amide bonds. The van der Waals surface area contributed by atoms with Crippen LogP contribution in [-0.2, 0) is 11.2 Å². The van der Waals surface area contributed by atoms with Gasteiger partial charge in [0.15, 0.2) is 5.96 Å². The zero-order valence-corrected chi connectivity index (χ0v) is 13.3. The van der Waals surface area contributed by atoms with E-state index in [2.05, 4.69) is 15.3 Å². The topological polar surface area (TPSA) is 72.5 Å². The molecule has 22 heavy (non-hydrogen) atoms. The molecule has 122 valence electrons. The third kappa shape index (κ3) is 6.89. The highest BCUT2D eigenvalue weighted by atomic mass is 16.5. The Bertz CT molecular complexity index is 430. The molecule has 0 saturated heterocycles. The predicted octanol–water partition coefficient (Wildman–Crippen LogP) is 2.27. The lowest BCUT2D eigenvalue weighted by atomic mass is 9.98. The van der Waals surface area contributed by atoms with Crippen LogP contribution >= 0.6 is 0 Å². The molecule has 5 nitrogen and oxygen atoms in total. The summed E-state index contributed by atoms with van der Waals surface area (Å²) in [6.45, 7) is 2.26. The number of hydrogen-bond donors (Lipinski definition) is 2. The predicted molar refractivity (Wildman–Crippen MR) is 89.9 cm³/mol. The van der Waals surface area contributed by atoms with Crippen molar-refractivity contribution in [1.82, 2.24) is 10.3 Å². The van der Waals surface area contributed by atoms with Gasteiger partial charge in [-0.05, 0) is 31.4 Å². The van der Waals surface area contributed by atoms with Crippen LogP contribution < -0.4 is 11.1 Å². The quantitative estimate of drug-likeness (QED) is 0.439. The van der Waals surface area contributed by atoms with E-state index in [9.17, 15) is 0 Å². The highest BCUT2D eigenvalue weighted by molar-refractivity contribution is 5.77. The molecule has 1 aromatic heterocycles. The maximum Gasteiger partial charge on any atom is 0.188 e. The lowest BCUT2D eigenvalue weighted by molar-refractivity contribution is 0.0281. The number of guanidine groups is 1. The van der Waals surface area contributed by atoms with E-state index in [1.54, 1.807) is 6.20 Å². The van der Waals surface area contributed by atoms with Crippen LogP contribution in [0, 0.1) is 0 Å². The van der Waals surface area contributed by atoms with Crippen molar-refractivity contribution in [3.05, 3.63) is 30.1 Å². The summed E-state index contributed by atoms with van der Waals surface area (Å²) < 4.78 is 5.86. The molecular formula is C17H28N4O. The Morgan fingerprint density at radius 2 is 2.18 bits per heavy atom. The summed E-state index contributed by atoms with van der Waals surface area (Å²) >= 11 is 0. The molecule has 0 aliphatic heterocycles. The molecule has 0 unspecified atom stereocenters. The molecule has 1 aliphatic carbocycles. The third-order valence-corrected chi connectivity index (χ3v) is 3.90. The fourth-order valence-electron chi connectivity index (χ4n) is 2.67. The Morgan fingerprint density at radius 1 is 1.32 bits per heavy atom. The number of pyridine rings is 1. The fourth-order valence-corrected chi connectivity index (χ4v) is 2.67. The van der Waals surface area contributed by atoms with Crippen molar-refractivity contribution in [2.75, 3.05) is 19.7 Å². The zero-order chi connectivity index (χ0) is 15.5. The Balaban J connectivity index is 1.50. The fraction of sp³-hybridized carbons (Fsp3) is 0.647. The average molecular weight is 304 g/mol. The van der Waals surface area contributed by atoms with Crippen molar-refractivity contribution in [2.45, 2.75) is 51.0 Å². The molecule has 5 heteroatoms. The second-order valence-corrected chi connectivity index (χ2v) is 5.75. The summed E-state index contributed by atoms with van der Waals surface area (Å²) in [7, 11) is 0. The van der Waals surface area contributed by atoms with Gasteiger partial charge in [-0.2, -0.15) is 0 Å². The van der Waals surface area contributed by atoms with Gasteiger partial charge >= 0.3 is 0 Å². The van der Waals surface area contributed by atoms with Crippen LogP contribution in [0.3, 0.4) is 0 Å². The van der Waals surface area contributed by atoms with Crippen molar-refractivity contribution < 1.29 is 4.74 Å². The minimum absolute atomic E-state index is 0.478. The van der Waals surface area contributed by atoms with Gasteiger partial charge in [0.25, 0.3) is 0 Å². The van der Waals surface area contributed by atoms with Gasteiger partial charge in [-0.1, -0.05) is 25.3 Å². The Morgan fingerprint density at radius 3 is 2.95 bits per heavy atom. The molecular weight excluding hydrogens is 276 g/mol. The van der Waals surface area contributed by atoms with Crippen LogP contribution in [0.4, 0.5) is 0 Å². The van der Waals surface area contributed by atoms with E-state index in [1.165, 1.54) is 32.1 Å².